The second-order valence-electron chi connectivity index (χ2n) is 5.09. The summed E-state index contributed by atoms with van der Waals surface area (Å²) in [5.41, 5.74) is 7.09. The standard InChI is InChI=1S/C15H17BrF3N/c16-13-8-7-11(15(17,18)19)9-12(13)14(20)10-5-3-1-2-4-6-10/h5,7-9,14H,1-4,6,20H2. The Balaban J connectivity index is 2.33. The van der Waals surface area contributed by atoms with Crippen molar-refractivity contribution in [2.45, 2.75) is 44.3 Å². The summed E-state index contributed by atoms with van der Waals surface area (Å²) in [6, 6.07) is 3.18. The monoisotopic (exact) mass is 347 g/mol. The molecule has 1 nitrogen and oxygen atoms in total. The van der Waals surface area contributed by atoms with E-state index in [-0.39, 0.29) is 0 Å². The fraction of sp³-hybridized carbons (Fsp3) is 0.467. The summed E-state index contributed by atoms with van der Waals surface area (Å²) < 4.78 is 39.0. The lowest BCUT2D eigenvalue weighted by molar-refractivity contribution is -0.137. The molecule has 0 saturated heterocycles. The van der Waals surface area contributed by atoms with Crippen LogP contribution in [0.4, 0.5) is 13.2 Å². The van der Waals surface area contributed by atoms with Gasteiger partial charge in [-0.15, -0.1) is 0 Å². The summed E-state index contributed by atoms with van der Waals surface area (Å²) in [5.74, 6) is 0. The zero-order valence-electron chi connectivity index (χ0n) is 11.0. The molecule has 2 N–H and O–H groups in total. The maximum atomic E-state index is 12.8. The maximum absolute atomic E-state index is 12.8. The zero-order valence-corrected chi connectivity index (χ0v) is 12.6. The maximum Gasteiger partial charge on any atom is 0.416 e. The van der Waals surface area contributed by atoms with Crippen LogP contribution in [0.5, 0.6) is 0 Å². The smallest absolute Gasteiger partial charge is 0.321 e. The predicted octanol–water partition coefficient (Wildman–Crippen LogP) is 5.36. The van der Waals surface area contributed by atoms with Gasteiger partial charge in [-0.05, 0) is 49.4 Å². The summed E-state index contributed by atoms with van der Waals surface area (Å²) in [5, 5.41) is 0. The van der Waals surface area contributed by atoms with Crippen LogP contribution in [-0.4, -0.2) is 0 Å². The molecule has 5 heteroatoms. The first-order chi connectivity index (χ1) is 9.39. The SMILES string of the molecule is NC(C1=CCCCCC1)c1cc(C(F)(F)F)ccc1Br. The number of hydrogen-bond acceptors (Lipinski definition) is 1. The Hall–Kier alpha value is -0.810. The topological polar surface area (TPSA) is 26.0 Å². The van der Waals surface area contributed by atoms with Crippen LogP contribution in [-0.2, 0) is 6.18 Å². The molecule has 0 heterocycles. The predicted molar refractivity (Wildman–Crippen MR) is 77.2 cm³/mol. The Bertz CT molecular complexity index is 508. The van der Waals surface area contributed by atoms with Crippen molar-refractivity contribution >= 4 is 15.9 Å². The van der Waals surface area contributed by atoms with Crippen molar-refractivity contribution in [3.63, 3.8) is 0 Å². The molecule has 1 atom stereocenters. The normalized spacial score (nSPS) is 18.4. The van der Waals surface area contributed by atoms with E-state index in [1.165, 1.54) is 6.07 Å². The van der Waals surface area contributed by atoms with E-state index in [0.29, 0.717) is 10.0 Å². The molecule has 0 fully saturated rings. The molecule has 0 saturated carbocycles. The van der Waals surface area contributed by atoms with E-state index >= 15 is 0 Å². The number of nitrogens with two attached hydrogens (primary N) is 1. The highest BCUT2D eigenvalue weighted by atomic mass is 79.9. The average Bonchev–Trinajstić information content (AvgIpc) is 2.66. The van der Waals surface area contributed by atoms with Crippen LogP contribution in [0.15, 0.2) is 34.3 Å². The van der Waals surface area contributed by atoms with Crippen LogP contribution in [0.25, 0.3) is 0 Å². The van der Waals surface area contributed by atoms with Crippen LogP contribution in [0.3, 0.4) is 0 Å². The van der Waals surface area contributed by atoms with Crippen molar-refractivity contribution in [1.82, 2.24) is 0 Å². The largest absolute Gasteiger partial charge is 0.416 e. The second-order valence-corrected chi connectivity index (χ2v) is 5.94. The number of rotatable bonds is 2. The lowest BCUT2D eigenvalue weighted by atomic mass is 9.94. The minimum atomic E-state index is -4.34. The van der Waals surface area contributed by atoms with E-state index in [4.69, 9.17) is 5.73 Å². The van der Waals surface area contributed by atoms with Crippen LogP contribution in [0.2, 0.25) is 0 Å². The van der Waals surface area contributed by atoms with E-state index in [1.807, 2.05) is 0 Å². The first-order valence-corrected chi connectivity index (χ1v) is 7.50. The number of alkyl halides is 3. The molecule has 1 aliphatic rings. The van der Waals surface area contributed by atoms with E-state index in [0.717, 1.165) is 49.8 Å². The van der Waals surface area contributed by atoms with Gasteiger partial charge in [0.25, 0.3) is 0 Å². The van der Waals surface area contributed by atoms with Gasteiger partial charge in [-0.2, -0.15) is 13.2 Å². The van der Waals surface area contributed by atoms with Crippen LogP contribution in [0, 0.1) is 0 Å². The Morgan fingerprint density at radius 1 is 1.15 bits per heavy atom. The average molecular weight is 348 g/mol. The molecule has 1 unspecified atom stereocenters. The molecule has 0 aliphatic heterocycles. The summed E-state index contributed by atoms with van der Waals surface area (Å²) in [6.45, 7) is 0. The molecule has 1 aromatic rings. The van der Waals surface area contributed by atoms with E-state index in [2.05, 4.69) is 22.0 Å². The number of hydrogen-bond donors (Lipinski definition) is 1. The van der Waals surface area contributed by atoms with Gasteiger partial charge in [0.2, 0.25) is 0 Å². The number of benzene rings is 1. The van der Waals surface area contributed by atoms with Gasteiger partial charge in [-0.25, -0.2) is 0 Å². The van der Waals surface area contributed by atoms with Gasteiger partial charge in [0.1, 0.15) is 0 Å². The van der Waals surface area contributed by atoms with Crippen molar-refractivity contribution in [2.24, 2.45) is 5.73 Å². The highest BCUT2D eigenvalue weighted by Gasteiger charge is 2.31. The van der Waals surface area contributed by atoms with Crippen molar-refractivity contribution in [2.75, 3.05) is 0 Å². The fourth-order valence-corrected chi connectivity index (χ4v) is 2.97. The molecular weight excluding hydrogens is 331 g/mol. The molecule has 1 aromatic carbocycles. The van der Waals surface area contributed by atoms with Crippen molar-refractivity contribution < 1.29 is 13.2 Å². The van der Waals surface area contributed by atoms with E-state index < -0.39 is 17.8 Å². The Morgan fingerprint density at radius 2 is 1.90 bits per heavy atom. The second kappa shape index (κ2) is 6.31. The lowest BCUT2D eigenvalue weighted by Gasteiger charge is -2.19. The first kappa shape index (κ1) is 15.6. The molecule has 110 valence electrons. The van der Waals surface area contributed by atoms with E-state index in [1.54, 1.807) is 0 Å². The van der Waals surface area contributed by atoms with Gasteiger partial charge in [-0.3, -0.25) is 0 Å². The molecule has 0 bridgehead atoms. The Morgan fingerprint density at radius 3 is 2.60 bits per heavy atom. The van der Waals surface area contributed by atoms with Crippen molar-refractivity contribution in [1.29, 1.82) is 0 Å². The molecule has 2 rings (SSSR count). The molecule has 0 radical (unpaired) electrons. The van der Waals surface area contributed by atoms with Crippen LogP contribution in [0.1, 0.15) is 49.3 Å². The summed E-state index contributed by atoms with van der Waals surface area (Å²) in [6.07, 6.45) is 2.90. The summed E-state index contributed by atoms with van der Waals surface area (Å²) in [7, 11) is 0. The van der Waals surface area contributed by atoms with Gasteiger partial charge < -0.3 is 5.73 Å². The minimum absolute atomic E-state index is 0.468. The molecule has 1 aliphatic carbocycles. The third-order valence-electron chi connectivity index (χ3n) is 3.63. The van der Waals surface area contributed by atoms with Crippen molar-refractivity contribution in [3.8, 4) is 0 Å². The lowest BCUT2D eigenvalue weighted by Crippen LogP contribution is -2.15. The van der Waals surface area contributed by atoms with Crippen molar-refractivity contribution in [3.05, 3.63) is 45.4 Å². The highest BCUT2D eigenvalue weighted by molar-refractivity contribution is 9.10. The zero-order chi connectivity index (χ0) is 14.8. The first-order valence-electron chi connectivity index (χ1n) is 6.71. The molecule has 0 spiro atoms. The van der Waals surface area contributed by atoms with Gasteiger partial charge in [0, 0.05) is 4.47 Å². The quantitative estimate of drug-likeness (QED) is 0.716. The number of halogens is 4. The third-order valence-corrected chi connectivity index (χ3v) is 4.36. The molecule has 20 heavy (non-hydrogen) atoms. The van der Waals surface area contributed by atoms with Gasteiger partial charge in [0.05, 0.1) is 11.6 Å². The van der Waals surface area contributed by atoms with Crippen LogP contribution < -0.4 is 5.73 Å². The molecular formula is C15H17BrF3N. The summed E-state index contributed by atoms with van der Waals surface area (Å²) in [4.78, 5) is 0. The third kappa shape index (κ3) is 3.64. The van der Waals surface area contributed by atoms with E-state index in [9.17, 15) is 13.2 Å². The fourth-order valence-electron chi connectivity index (χ4n) is 2.48. The summed E-state index contributed by atoms with van der Waals surface area (Å²) >= 11 is 3.31. The highest BCUT2D eigenvalue weighted by Crippen LogP contribution is 2.36. The molecule has 0 aromatic heterocycles. The van der Waals surface area contributed by atoms with Crippen LogP contribution >= 0.6 is 15.9 Å². The van der Waals surface area contributed by atoms with Gasteiger partial charge >= 0.3 is 6.18 Å². The van der Waals surface area contributed by atoms with Gasteiger partial charge in [0.15, 0.2) is 0 Å². The Labute approximate surface area is 125 Å². The molecule has 0 amide bonds. The van der Waals surface area contributed by atoms with Gasteiger partial charge in [-0.1, -0.05) is 34.0 Å². The minimum Gasteiger partial charge on any atom is -0.321 e. The Kier molecular flexibility index (Phi) is 4.91. The number of allylic oxidation sites excluding steroid dienone is 1.